The highest BCUT2D eigenvalue weighted by Crippen LogP contribution is 2.26. The van der Waals surface area contributed by atoms with E-state index in [9.17, 15) is 23.3 Å². The second kappa shape index (κ2) is 7.11. The zero-order valence-corrected chi connectivity index (χ0v) is 11.7. The lowest BCUT2D eigenvalue weighted by Gasteiger charge is -2.20. The van der Waals surface area contributed by atoms with Crippen LogP contribution >= 0.6 is 0 Å². The average Bonchev–Trinajstić information content (AvgIpc) is 2.43. The number of hydrogen-bond donors (Lipinski definition) is 2. The molecule has 0 saturated carbocycles. The molecule has 21 heavy (non-hydrogen) atoms. The molecule has 0 bridgehead atoms. The number of aliphatic hydroxyl groups excluding tert-OH is 1. The number of rotatable bonds is 8. The van der Waals surface area contributed by atoms with Crippen molar-refractivity contribution in [3.05, 3.63) is 34.4 Å². The van der Waals surface area contributed by atoms with Crippen LogP contribution in [0.3, 0.4) is 0 Å². The van der Waals surface area contributed by atoms with Gasteiger partial charge >= 0.3 is 5.97 Å². The second-order valence-corrected chi connectivity index (χ2v) is 5.90. The van der Waals surface area contributed by atoms with Crippen molar-refractivity contribution in [1.29, 1.82) is 0 Å². The minimum absolute atomic E-state index is 0.346. The lowest BCUT2D eigenvalue weighted by molar-refractivity contribution is -0.387. The third-order valence-electron chi connectivity index (χ3n) is 2.60. The molecule has 1 aromatic rings. The Labute approximate surface area is 120 Å². The van der Waals surface area contributed by atoms with Gasteiger partial charge in [-0.05, 0) is 6.07 Å². The van der Waals surface area contributed by atoms with E-state index < -0.39 is 44.5 Å². The van der Waals surface area contributed by atoms with Gasteiger partial charge in [-0.15, -0.1) is 0 Å². The summed E-state index contributed by atoms with van der Waals surface area (Å²) in [5.41, 5.74) is -0.601. The monoisotopic (exact) mass is 318 g/mol. The summed E-state index contributed by atoms with van der Waals surface area (Å²) in [4.78, 5) is 20.1. The van der Waals surface area contributed by atoms with E-state index in [1.165, 1.54) is 12.1 Å². The number of benzene rings is 1. The highest BCUT2D eigenvalue weighted by atomic mass is 32.2. The van der Waals surface area contributed by atoms with Crippen molar-refractivity contribution in [2.45, 2.75) is 11.3 Å². The molecule has 1 aromatic carbocycles. The Morgan fingerprint density at radius 2 is 1.90 bits per heavy atom. The number of aliphatic carboxylic acids is 1. The smallest absolute Gasteiger partial charge is 0.304 e. The molecule has 0 aromatic heterocycles. The lowest BCUT2D eigenvalue weighted by Crippen LogP contribution is -2.35. The van der Waals surface area contributed by atoms with Crippen LogP contribution in [0.4, 0.5) is 5.69 Å². The molecule has 10 heteroatoms. The minimum atomic E-state index is -4.27. The number of nitrogens with zero attached hydrogens (tertiary/aromatic N) is 2. The Morgan fingerprint density at radius 1 is 1.29 bits per heavy atom. The number of hydrogen-bond acceptors (Lipinski definition) is 6. The van der Waals surface area contributed by atoms with Crippen molar-refractivity contribution in [2.75, 3.05) is 19.7 Å². The molecule has 2 N–H and O–H groups in total. The van der Waals surface area contributed by atoms with Crippen LogP contribution in [-0.2, 0) is 14.8 Å². The number of nitro groups is 1. The van der Waals surface area contributed by atoms with Crippen LogP contribution in [-0.4, -0.2) is 53.5 Å². The van der Waals surface area contributed by atoms with E-state index in [1.807, 2.05) is 0 Å². The highest BCUT2D eigenvalue weighted by molar-refractivity contribution is 7.89. The molecule has 0 aliphatic heterocycles. The third kappa shape index (κ3) is 4.21. The SMILES string of the molecule is O=C(O)CCN(CCO)S(=O)(=O)c1ccccc1[N+](=O)[O-]. The summed E-state index contributed by atoms with van der Waals surface area (Å²) in [7, 11) is -4.27. The van der Waals surface area contributed by atoms with E-state index in [0.717, 1.165) is 12.1 Å². The molecule has 0 heterocycles. The Kier molecular flexibility index (Phi) is 5.76. The molecule has 0 radical (unpaired) electrons. The Hall–Kier alpha value is -2.04. The second-order valence-electron chi connectivity index (χ2n) is 4.00. The summed E-state index contributed by atoms with van der Waals surface area (Å²) in [6, 6.07) is 4.76. The molecule has 0 fully saturated rings. The molecule has 116 valence electrons. The van der Waals surface area contributed by atoms with Gasteiger partial charge in [-0.3, -0.25) is 14.9 Å². The van der Waals surface area contributed by atoms with Gasteiger partial charge in [0.25, 0.3) is 5.69 Å². The number of nitro benzene ring substituents is 1. The van der Waals surface area contributed by atoms with Gasteiger partial charge in [-0.1, -0.05) is 12.1 Å². The molecule has 0 atom stereocenters. The van der Waals surface area contributed by atoms with Crippen LogP contribution in [0.2, 0.25) is 0 Å². The number of carboxylic acid groups (broad SMARTS) is 1. The van der Waals surface area contributed by atoms with Crippen LogP contribution in [0.25, 0.3) is 0 Å². The largest absolute Gasteiger partial charge is 0.481 e. The molecule has 0 unspecified atom stereocenters. The van der Waals surface area contributed by atoms with Crippen molar-refractivity contribution in [1.82, 2.24) is 4.31 Å². The normalized spacial score (nSPS) is 11.5. The van der Waals surface area contributed by atoms with Crippen molar-refractivity contribution >= 4 is 21.7 Å². The van der Waals surface area contributed by atoms with Crippen LogP contribution in [0.15, 0.2) is 29.2 Å². The number of carbonyl (C=O) groups is 1. The highest BCUT2D eigenvalue weighted by Gasteiger charge is 2.31. The number of para-hydroxylation sites is 1. The van der Waals surface area contributed by atoms with E-state index >= 15 is 0 Å². The maximum absolute atomic E-state index is 12.4. The van der Waals surface area contributed by atoms with E-state index in [0.29, 0.717) is 4.31 Å². The minimum Gasteiger partial charge on any atom is -0.481 e. The van der Waals surface area contributed by atoms with Gasteiger partial charge in [0, 0.05) is 19.2 Å². The molecule has 0 amide bonds. The fourth-order valence-corrected chi connectivity index (χ4v) is 3.24. The molecular weight excluding hydrogens is 304 g/mol. The number of aliphatic hydroxyl groups is 1. The molecule has 0 saturated heterocycles. The molecule has 9 nitrogen and oxygen atoms in total. The van der Waals surface area contributed by atoms with Crippen LogP contribution in [0.1, 0.15) is 6.42 Å². The van der Waals surface area contributed by atoms with Crippen molar-refractivity contribution in [2.24, 2.45) is 0 Å². The predicted octanol–water partition coefficient (Wildman–Crippen LogP) is 0.0525. The maximum atomic E-state index is 12.4. The van der Waals surface area contributed by atoms with Gasteiger partial charge in [0.2, 0.25) is 10.0 Å². The molecule has 1 rings (SSSR count). The van der Waals surface area contributed by atoms with Gasteiger partial charge in [0.15, 0.2) is 4.90 Å². The fraction of sp³-hybridized carbons (Fsp3) is 0.364. The fourth-order valence-electron chi connectivity index (χ4n) is 1.65. The summed E-state index contributed by atoms with van der Waals surface area (Å²) in [6.07, 6.45) is -0.472. The van der Waals surface area contributed by atoms with Crippen LogP contribution < -0.4 is 0 Å². The summed E-state index contributed by atoms with van der Waals surface area (Å²) in [5, 5.41) is 28.4. The van der Waals surface area contributed by atoms with Crippen molar-refractivity contribution in [3.8, 4) is 0 Å². The first-order chi connectivity index (χ1) is 9.80. The van der Waals surface area contributed by atoms with E-state index in [2.05, 4.69) is 0 Å². The van der Waals surface area contributed by atoms with Gasteiger partial charge in [-0.2, -0.15) is 4.31 Å². The third-order valence-corrected chi connectivity index (χ3v) is 4.55. The molecule has 0 spiro atoms. The predicted molar refractivity (Wildman–Crippen MR) is 71.2 cm³/mol. The Balaban J connectivity index is 3.22. The van der Waals surface area contributed by atoms with Gasteiger partial charge in [0.05, 0.1) is 18.0 Å². The van der Waals surface area contributed by atoms with Crippen LogP contribution in [0.5, 0.6) is 0 Å². The first-order valence-corrected chi connectivity index (χ1v) is 7.31. The summed E-state index contributed by atoms with van der Waals surface area (Å²) in [6.45, 7) is -1.26. The quantitative estimate of drug-likeness (QED) is 0.510. The Bertz CT molecular complexity index is 629. The lowest BCUT2D eigenvalue weighted by atomic mass is 10.3. The zero-order valence-electron chi connectivity index (χ0n) is 10.9. The summed E-state index contributed by atoms with van der Waals surface area (Å²) < 4.78 is 25.5. The standard InChI is InChI=1S/C11H14N2O7S/c14-8-7-12(6-5-11(15)16)21(19,20)10-4-2-1-3-9(10)13(17)18/h1-4,14H,5-8H2,(H,15,16). The molecular formula is C11H14N2O7S. The van der Waals surface area contributed by atoms with Crippen molar-refractivity contribution < 1.29 is 28.3 Å². The number of sulfonamides is 1. The van der Waals surface area contributed by atoms with E-state index in [4.69, 9.17) is 10.2 Å². The van der Waals surface area contributed by atoms with Crippen LogP contribution in [0, 0.1) is 10.1 Å². The van der Waals surface area contributed by atoms with Gasteiger partial charge in [0.1, 0.15) is 0 Å². The first kappa shape index (κ1) is 17.0. The Morgan fingerprint density at radius 3 is 2.43 bits per heavy atom. The zero-order chi connectivity index (χ0) is 16.0. The maximum Gasteiger partial charge on any atom is 0.304 e. The molecule has 0 aliphatic carbocycles. The topological polar surface area (TPSA) is 138 Å². The average molecular weight is 318 g/mol. The first-order valence-electron chi connectivity index (χ1n) is 5.87. The van der Waals surface area contributed by atoms with Gasteiger partial charge < -0.3 is 10.2 Å². The summed E-state index contributed by atoms with van der Waals surface area (Å²) in [5.74, 6) is -1.21. The van der Waals surface area contributed by atoms with Gasteiger partial charge in [-0.25, -0.2) is 8.42 Å². The van der Waals surface area contributed by atoms with E-state index in [-0.39, 0.29) is 13.1 Å². The van der Waals surface area contributed by atoms with E-state index in [1.54, 1.807) is 0 Å². The summed E-state index contributed by atoms with van der Waals surface area (Å²) >= 11 is 0. The number of carboxylic acids is 1. The molecule has 0 aliphatic rings. The van der Waals surface area contributed by atoms with Crippen molar-refractivity contribution in [3.63, 3.8) is 0 Å².